The van der Waals surface area contributed by atoms with Crippen molar-refractivity contribution in [3.8, 4) is 0 Å². The third kappa shape index (κ3) is 37.1. The Morgan fingerprint density at radius 1 is 0.422 bits per heavy atom. The average molecular weight is 780 g/mol. The summed E-state index contributed by atoms with van der Waals surface area (Å²) in [6.45, 7) is 5.60. The maximum atomic E-state index is 12.1. The Labute approximate surface area is 291 Å². The standard InChI is InChI=1S/2C18H36O2S.2CH3.Sn/c2*1-2-3-4-5-6-7-8-9-10-11-12-13-14-15-18(19)20-16-17-21;;;/h2*21H,2-17H2,1H3;2*1H3;/q;;;;+2/p-2. The van der Waals surface area contributed by atoms with Gasteiger partial charge in [0.25, 0.3) is 0 Å². The fourth-order valence-corrected chi connectivity index (χ4v) is 22.6. The number of carbonyl (C=O) groups excluding carboxylic acids is 2. The molecule has 0 aromatic heterocycles. The van der Waals surface area contributed by atoms with Crippen molar-refractivity contribution < 1.29 is 19.1 Å². The summed E-state index contributed by atoms with van der Waals surface area (Å²) < 4.78 is 11.0. The molecule has 0 aromatic rings. The van der Waals surface area contributed by atoms with Gasteiger partial charge in [0.2, 0.25) is 0 Å². The van der Waals surface area contributed by atoms with Gasteiger partial charge in [0.05, 0.1) is 0 Å². The zero-order chi connectivity index (χ0) is 33.1. The summed E-state index contributed by atoms with van der Waals surface area (Å²) in [6.07, 6.45) is 35.4. The molecular formula is C38H76O4S2Sn. The molecule has 0 aliphatic rings. The maximum absolute atomic E-state index is 12.1. The van der Waals surface area contributed by atoms with Gasteiger partial charge in [-0.1, -0.05) is 104 Å². The molecule has 0 aliphatic carbocycles. The van der Waals surface area contributed by atoms with Crippen LogP contribution in [-0.4, -0.2) is 52.3 Å². The normalized spacial score (nSPS) is 11.6. The van der Waals surface area contributed by atoms with Crippen LogP contribution in [0.2, 0.25) is 9.88 Å². The van der Waals surface area contributed by atoms with Crippen LogP contribution in [0.15, 0.2) is 0 Å². The summed E-state index contributed by atoms with van der Waals surface area (Å²) in [4.78, 5) is 29.0. The first-order valence-electron chi connectivity index (χ1n) is 19.5. The Bertz CT molecular complexity index is 595. The third-order valence-electron chi connectivity index (χ3n) is 8.56. The Kier molecular flexibility index (Phi) is 36.1. The van der Waals surface area contributed by atoms with Crippen molar-refractivity contribution in [2.24, 2.45) is 0 Å². The molecule has 0 aromatic carbocycles. The van der Waals surface area contributed by atoms with Crippen molar-refractivity contribution >= 4 is 45.4 Å². The van der Waals surface area contributed by atoms with Gasteiger partial charge in [0.15, 0.2) is 0 Å². The number of unbranched alkanes of at least 4 members (excludes halogenated alkanes) is 24. The molecule has 0 N–H and O–H groups in total. The molecule has 0 saturated carbocycles. The third-order valence-corrected chi connectivity index (χ3v) is 30.8. The van der Waals surface area contributed by atoms with Crippen molar-refractivity contribution in [3.05, 3.63) is 0 Å². The molecule has 0 aliphatic heterocycles. The molecule has 0 saturated heterocycles. The first-order chi connectivity index (χ1) is 21.9. The predicted octanol–water partition coefficient (Wildman–Crippen LogP) is 13.2. The van der Waals surface area contributed by atoms with Crippen molar-refractivity contribution in [2.75, 3.05) is 24.7 Å². The Morgan fingerprint density at radius 2 is 0.667 bits per heavy atom. The number of esters is 2. The fraction of sp³-hybridized carbons (Fsp3) is 0.947. The summed E-state index contributed by atoms with van der Waals surface area (Å²) in [6, 6.07) is 0. The van der Waals surface area contributed by atoms with Gasteiger partial charge in [-0.25, -0.2) is 0 Å². The molecule has 0 amide bonds. The minimum absolute atomic E-state index is 0.0326. The molecule has 0 atom stereocenters. The van der Waals surface area contributed by atoms with E-state index in [1.165, 1.54) is 141 Å². The molecule has 45 heavy (non-hydrogen) atoms. The van der Waals surface area contributed by atoms with E-state index in [4.69, 9.17) is 9.47 Å². The van der Waals surface area contributed by atoms with Crippen molar-refractivity contribution in [2.45, 2.75) is 204 Å². The SMILES string of the molecule is CCCCCCCCCCCCCCCC(=O)OCC[S][Sn]([CH3])([CH3])[S]CCOC(=O)CCCCCCCCCCCCCCC. The van der Waals surface area contributed by atoms with Gasteiger partial charge in [-0.05, 0) is 0 Å². The fourth-order valence-electron chi connectivity index (χ4n) is 5.65. The second-order valence-corrected chi connectivity index (χ2v) is 43.3. The zero-order valence-corrected chi connectivity index (χ0v) is 35.1. The van der Waals surface area contributed by atoms with Gasteiger partial charge in [0, 0.05) is 0 Å². The summed E-state index contributed by atoms with van der Waals surface area (Å²) in [5.74, 6) is 1.71. The van der Waals surface area contributed by atoms with Crippen LogP contribution in [0.1, 0.15) is 194 Å². The van der Waals surface area contributed by atoms with Crippen molar-refractivity contribution in [1.82, 2.24) is 0 Å². The van der Waals surface area contributed by atoms with Crippen LogP contribution in [0.4, 0.5) is 0 Å². The summed E-state index contributed by atoms with van der Waals surface area (Å²) in [5, 5.41) is 0. The monoisotopic (exact) mass is 780 g/mol. The Hall–Kier alpha value is 0.439. The molecule has 0 rings (SSSR count). The van der Waals surface area contributed by atoms with E-state index in [1.54, 1.807) is 0 Å². The number of carbonyl (C=O) groups is 2. The summed E-state index contributed by atoms with van der Waals surface area (Å²) in [7, 11) is 4.03. The Balaban J connectivity index is 3.48. The second kappa shape index (κ2) is 35.7. The van der Waals surface area contributed by atoms with Crippen LogP contribution in [-0.2, 0) is 19.1 Å². The van der Waals surface area contributed by atoms with Crippen LogP contribution < -0.4 is 0 Å². The van der Waals surface area contributed by atoms with Gasteiger partial charge in [-0.2, -0.15) is 0 Å². The molecule has 0 radical (unpaired) electrons. The van der Waals surface area contributed by atoms with Crippen molar-refractivity contribution in [1.29, 1.82) is 0 Å². The van der Waals surface area contributed by atoms with E-state index in [0.29, 0.717) is 26.1 Å². The molecule has 0 spiro atoms. The minimum atomic E-state index is -2.30. The van der Waals surface area contributed by atoms with E-state index in [0.717, 1.165) is 37.2 Å². The van der Waals surface area contributed by atoms with E-state index in [-0.39, 0.29) is 11.9 Å². The summed E-state index contributed by atoms with van der Waals surface area (Å²) in [5.41, 5.74) is 0. The minimum Gasteiger partial charge on any atom is -0.0654 e. The molecule has 0 bridgehead atoms. The van der Waals surface area contributed by atoms with Crippen LogP contribution in [0.5, 0.6) is 0 Å². The quantitative estimate of drug-likeness (QED) is 0.0359. The number of rotatable bonds is 36. The molecule has 4 nitrogen and oxygen atoms in total. The van der Waals surface area contributed by atoms with Crippen molar-refractivity contribution in [3.63, 3.8) is 0 Å². The van der Waals surface area contributed by atoms with E-state index in [2.05, 4.69) is 23.7 Å². The smallest absolute Gasteiger partial charge is 0.0654 e. The average Bonchev–Trinajstić information content (AvgIpc) is 3.02. The summed E-state index contributed by atoms with van der Waals surface area (Å²) >= 11 is -2.30. The topological polar surface area (TPSA) is 52.6 Å². The first-order valence-corrected chi connectivity index (χ1v) is 34.2. The molecule has 0 heterocycles. The molecule has 0 unspecified atom stereocenters. The van der Waals surface area contributed by atoms with E-state index >= 15 is 0 Å². The predicted molar refractivity (Wildman–Crippen MR) is 205 cm³/mol. The van der Waals surface area contributed by atoms with Gasteiger partial charge >= 0.3 is 189 Å². The second-order valence-electron chi connectivity index (χ2n) is 13.5. The molecular weight excluding hydrogens is 703 g/mol. The molecule has 0 fully saturated rings. The van der Waals surface area contributed by atoms with Crippen LogP contribution in [0.25, 0.3) is 0 Å². The number of hydrogen-bond acceptors (Lipinski definition) is 6. The van der Waals surface area contributed by atoms with E-state index < -0.39 is 15.6 Å². The van der Waals surface area contributed by atoms with Gasteiger partial charge in [-0.3, -0.25) is 0 Å². The molecule has 7 heteroatoms. The van der Waals surface area contributed by atoms with E-state index in [1.807, 2.05) is 17.9 Å². The first kappa shape index (κ1) is 45.4. The van der Waals surface area contributed by atoms with E-state index in [9.17, 15) is 9.59 Å². The number of ether oxygens (including phenoxy) is 2. The van der Waals surface area contributed by atoms with Crippen LogP contribution in [0.3, 0.4) is 0 Å². The Morgan fingerprint density at radius 3 is 0.933 bits per heavy atom. The molecule has 268 valence electrons. The van der Waals surface area contributed by atoms with Gasteiger partial charge < -0.3 is 0 Å². The van der Waals surface area contributed by atoms with Crippen LogP contribution >= 0.6 is 17.9 Å². The van der Waals surface area contributed by atoms with Gasteiger partial charge in [-0.15, -0.1) is 0 Å². The number of hydrogen-bond donors (Lipinski definition) is 0. The zero-order valence-electron chi connectivity index (χ0n) is 30.6. The van der Waals surface area contributed by atoms with Crippen LogP contribution in [0, 0.1) is 0 Å². The van der Waals surface area contributed by atoms with Gasteiger partial charge in [0.1, 0.15) is 0 Å².